The van der Waals surface area contributed by atoms with Crippen LogP contribution in [0, 0.1) is 11.3 Å². The lowest BCUT2D eigenvalue weighted by molar-refractivity contribution is -0.140. The maximum atomic E-state index is 12.5. The Bertz CT molecular complexity index is 783. The van der Waals surface area contributed by atoms with Crippen LogP contribution in [0.2, 0.25) is 0 Å². The lowest BCUT2D eigenvalue weighted by atomic mass is 9.74. The fraction of sp³-hybridized carbons (Fsp3) is 0.455. The predicted octanol–water partition coefficient (Wildman–Crippen LogP) is 4.10. The molecule has 1 fully saturated rings. The Morgan fingerprint density at radius 3 is 2.56 bits per heavy atom. The molecule has 2 N–H and O–H groups in total. The van der Waals surface area contributed by atoms with Crippen molar-refractivity contribution < 1.29 is 9.59 Å². The van der Waals surface area contributed by atoms with Gasteiger partial charge in [-0.05, 0) is 47.8 Å². The highest BCUT2D eigenvalue weighted by molar-refractivity contribution is 7.13. The Hall–Kier alpha value is -2.14. The summed E-state index contributed by atoms with van der Waals surface area (Å²) in [6.45, 7) is 5.23. The average Bonchev–Trinajstić information content (AvgIpc) is 3.16. The van der Waals surface area contributed by atoms with Crippen LogP contribution in [0.15, 0.2) is 41.8 Å². The number of benzene rings is 1. The Balaban J connectivity index is 1.76. The molecular formula is C22H28N2O2S. The second kappa shape index (κ2) is 8.26. The molecule has 0 aliphatic carbocycles. The van der Waals surface area contributed by atoms with Crippen molar-refractivity contribution >= 4 is 23.2 Å². The van der Waals surface area contributed by atoms with Crippen LogP contribution in [0.4, 0.5) is 0 Å². The minimum Gasteiger partial charge on any atom is -0.369 e. The van der Waals surface area contributed by atoms with Crippen molar-refractivity contribution in [2.45, 2.75) is 39.5 Å². The molecule has 1 atom stereocenters. The van der Waals surface area contributed by atoms with Crippen molar-refractivity contribution in [3.05, 3.63) is 47.3 Å². The summed E-state index contributed by atoms with van der Waals surface area (Å²) in [5, 5.41) is 2.07. The van der Waals surface area contributed by atoms with E-state index in [0.717, 1.165) is 24.9 Å². The summed E-state index contributed by atoms with van der Waals surface area (Å²) in [6, 6.07) is 12.5. The van der Waals surface area contributed by atoms with Crippen molar-refractivity contribution in [1.82, 2.24) is 4.90 Å². The molecule has 1 saturated heterocycles. The largest absolute Gasteiger partial charge is 0.369 e. The molecule has 4 nitrogen and oxygen atoms in total. The third kappa shape index (κ3) is 4.59. The van der Waals surface area contributed by atoms with Gasteiger partial charge in [-0.3, -0.25) is 9.59 Å². The van der Waals surface area contributed by atoms with E-state index in [2.05, 4.69) is 35.7 Å². The first-order chi connectivity index (χ1) is 12.9. The molecule has 1 aromatic carbocycles. The minimum atomic E-state index is -0.671. The van der Waals surface area contributed by atoms with Crippen molar-refractivity contribution in [1.29, 1.82) is 0 Å². The molecule has 1 aromatic heterocycles. The van der Waals surface area contributed by atoms with Gasteiger partial charge < -0.3 is 10.6 Å². The van der Waals surface area contributed by atoms with Crippen LogP contribution in [0.1, 0.15) is 38.7 Å². The molecule has 1 aliphatic heterocycles. The SMILES string of the molecule is CC(C)CC(=O)N1CCC[C@](Cc2ccc(-c3cccs3)cc2)(C(N)=O)C1. The van der Waals surface area contributed by atoms with Crippen molar-refractivity contribution in [2.24, 2.45) is 17.1 Å². The molecule has 3 rings (SSSR count). The number of thiophene rings is 1. The third-order valence-electron chi connectivity index (χ3n) is 5.34. The number of piperidine rings is 1. The number of carbonyl (C=O) groups is 2. The predicted molar refractivity (Wildman–Crippen MR) is 110 cm³/mol. The topological polar surface area (TPSA) is 63.4 Å². The van der Waals surface area contributed by atoms with E-state index in [1.54, 1.807) is 11.3 Å². The fourth-order valence-corrected chi connectivity index (χ4v) is 4.61. The summed E-state index contributed by atoms with van der Waals surface area (Å²) in [4.78, 5) is 28.0. The summed E-state index contributed by atoms with van der Waals surface area (Å²) in [6.07, 6.45) is 2.66. The van der Waals surface area contributed by atoms with Gasteiger partial charge in [0, 0.05) is 24.4 Å². The van der Waals surface area contributed by atoms with E-state index in [0.29, 0.717) is 25.3 Å². The molecule has 144 valence electrons. The van der Waals surface area contributed by atoms with Gasteiger partial charge >= 0.3 is 0 Å². The van der Waals surface area contributed by atoms with E-state index >= 15 is 0 Å². The maximum Gasteiger partial charge on any atom is 0.225 e. The number of likely N-dealkylation sites (tertiary alicyclic amines) is 1. The van der Waals surface area contributed by atoms with E-state index < -0.39 is 5.41 Å². The number of nitrogens with two attached hydrogens (primary N) is 1. The zero-order chi connectivity index (χ0) is 19.4. The summed E-state index contributed by atoms with van der Waals surface area (Å²) in [5.74, 6) is 0.141. The molecule has 2 aromatic rings. The van der Waals surface area contributed by atoms with Crippen molar-refractivity contribution in [2.75, 3.05) is 13.1 Å². The van der Waals surface area contributed by atoms with Crippen LogP contribution in [-0.4, -0.2) is 29.8 Å². The molecule has 5 heteroatoms. The number of rotatable bonds is 6. The molecule has 1 aliphatic rings. The van der Waals surface area contributed by atoms with Gasteiger partial charge in [0.1, 0.15) is 0 Å². The first kappa shape index (κ1) is 19.6. The van der Waals surface area contributed by atoms with Gasteiger partial charge in [-0.2, -0.15) is 0 Å². The zero-order valence-corrected chi connectivity index (χ0v) is 16.9. The van der Waals surface area contributed by atoms with E-state index in [1.165, 1.54) is 10.4 Å². The van der Waals surface area contributed by atoms with E-state index in [9.17, 15) is 9.59 Å². The van der Waals surface area contributed by atoms with Gasteiger partial charge in [-0.25, -0.2) is 0 Å². The first-order valence-electron chi connectivity index (χ1n) is 9.60. The Morgan fingerprint density at radius 1 is 1.22 bits per heavy atom. The number of amides is 2. The Labute approximate surface area is 165 Å². The zero-order valence-electron chi connectivity index (χ0n) is 16.1. The van der Waals surface area contributed by atoms with Crippen molar-refractivity contribution in [3.63, 3.8) is 0 Å². The van der Waals surface area contributed by atoms with Crippen LogP contribution < -0.4 is 5.73 Å². The number of nitrogens with zero attached hydrogens (tertiary/aromatic N) is 1. The summed E-state index contributed by atoms with van der Waals surface area (Å²) in [7, 11) is 0. The highest BCUT2D eigenvalue weighted by Gasteiger charge is 2.42. The van der Waals surface area contributed by atoms with E-state index in [4.69, 9.17) is 5.73 Å². The second-order valence-corrected chi connectivity index (χ2v) is 8.96. The summed E-state index contributed by atoms with van der Waals surface area (Å²) in [5.41, 5.74) is 7.44. The molecular weight excluding hydrogens is 356 g/mol. The average molecular weight is 385 g/mol. The number of hydrogen-bond acceptors (Lipinski definition) is 3. The standard InChI is InChI=1S/C22H28N2O2S/c1-16(2)13-20(25)24-11-4-10-22(15-24,21(23)26)14-17-6-8-18(9-7-17)19-5-3-12-27-19/h3,5-9,12,16H,4,10-11,13-15H2,1-2H3,(H2,23,26)/t22-/m1/s1. The molecule has 0 saturated carbocycles. The van der Waals surface area contributed by atoms with Gasteiger partial charge in [-0.1, -0.05) is 44.2 Å². The normalized spacial score (nSPS) is 20.0. The molecule has 0 bridgehead atoms. The lowest BCUT2D eigenvalue weighted by Gasteiger charge is -2.41. The molecule has 27 heavy (non-hydrogen) atoms. The Morgan fingerprint density at radius 2 is 1.96 bits per heavy atom. The van der Waals surface area contributed by atoms with Crippen LogP contribution in [0.5, 0.6) is 0 Å². The molecule has 0 spiro atoms. The van der Waals surface area contributed by atoms with Gasteiger partial charge in [-0.15, -0.1) is 11.3 Å². The number of carbonyl (C=O) groups excluding carboxylic acids is 2. The van der Waals surface area contributed by atoms with Gasteiger partial charge in [0.2, 0.25) is 11.8 Å². The van der Waals surface area contributed by atoms with Gasteiger partial charge in [0.25, 0.3) is 0 Å². The van der Waals surface area contributed by atoms with Crippen LogP contribution >= 0.6 is 11.3 Å². The highest BCUT2D eigenvalue weighted by atomic mass is 32.1. The monoisotopic (exact) mass is 384 g/mol. The molecule has 2 heterocycles. The second-order valence-electron chi connectivity index (χ2n) is 8.01. The Kier molecular flexibility index (Phi) is 6.00. The minimum absolute atomic E-state index is 0.128. The van der Waals surface area contributed by atoms with Crippen LogP contribution in [0.25, 0.3) is 10.4 Å². The number of hydrogen-bond donors (Lipinski definition) is 1. The summed E-state index contributed by atoms with van der Waals surface area (Å²) < 4.78 is 0. The fourth-order valence-electron chi connectivity index (χ4n) is 3.88. The smallest absolute Gasteiger partial charge is 0.225 e. The maximum absolute atomic E-state index is 12.5. The number of primary amides is 1. The van der Waals surface area contributed by atoms with E-state index in [1.807, 2.05) is 24.8 Å². The molecule has 0 radical (unpaired) electrons. The molecule has 0 unspecified atom stereocenters. The first-order valence-corrected chi connectivity index (χ1v) is 10.5. The van der Waals surface area contributed by atoms with Gasteiger partial charge in [0.05, 0.1) is 5.41 Å². The van der Waals surface area contributed by atoms with Crippen LogP contribution in [0.3, 0.4) is 0 Å². The van der Waals surface area contributed by atoms with Gasteiger partial charge in [0.15, 0.2) is 0 Å². The lowest BCUT2D eigenvalue weighted by Crippen LogP contribution is -2.53. The van der Waals surface area contributed by atoms with Crippen molar-refractivity contribution in [3.8, 4) is 10.4 Å². The molecule has 2 amide bonds. The summed E-state index contributed by atoms with van der Waals surface area (Å²) >= 11 is 1.71. The quantitative estimate of drug-likeness (QED) is 0.815. The van der Waals surface area contributed by atoms with Crippen LogP contribution in [-0.2, 0) is 16.0 Å². The highest BCUT2D eigenvalue weighted by Crippen LogP contribution is 2.35. The third-order valence-corrected chi connectivity index (χ3v) is 6.26. The van der Waals surface area contributed by atoms with E-state index in [-0.39, 0.29) is 11.8 Å².